The highest BCUT2D eigenvalue weighted by Gasteiger charge is 2.52. The van der Waals surface area contributed by atoms with Crippen molar-refractivity contribution in [1.82, 2.24) is 14.8 Å². The Kier molecular flexibility index (Phi) is 5.71. The first-order valence-electron chi connectivity index (χ1n) is 10.4. The molecule has 0 radical (unpaired) electrons. The van der Waals surface area contributed by atoms with Gasteiger partial charge in [0.05, 0.1) is 11.3 Å². The molecule has 0 aliphatic carbocycles. The predicted molar refractivity (Wildman–Crippen MR) is 118 cm³/mol. The molecule has 3 heterocycles. The lowest BCUT2D eigenvalue weighted by Gasteiger charge is -2.48. The number of anilines is 1. The molecule has 4 rings (SSSR count). The van der Waals surface area contributed by atoms with Gasteiger partial charge in [-0.25, -0.2) is 4.98 Å². The molecule has 8 heteroatoms. The predicted octanol–water partition coefficient (Wildman–Crippen LogP) is 3.47. The van der Waals surface area contributed by atoms with Crippen molar-refractivity contribution in [3.05, 3.63) is 58.9 Å². The molecular formula is C23H25ClN4O3. The Balaban J connectivity index is 1.42. The molecule has 0 N–H and O–H groups in total. The van der Waals surface area contributed by atoms with Crippen LogP contribution in [0.3, 0.4) is 0 Å². The summed E-state index contributed by atoms with van der Waals surface area (Å²) in [6, 6.07) is 10.8. The number of pyridine rings is 1. The van der Waals surface area contributed by atoms with Gasteiger partial charge in [-0.1, -0.05) is 29.8 Å². The van der Waals surface area contributed by atoms with Crippen LogP contribution in [-0.4, -0.2) is 51.8 Å². The molecule has 2 aromatic rings. The first-order chi connectivity index (χ1) is 14.8. The average molecular weight is 441 g/mol. The topological polar surface area (TPSA) is 73.8 Å². The zero-order valence-corrected chi connectivity index (χ0v) is 18.4. The molecule has 0 saturated carbocycles. The maximum atomic E-state index is 13.2. The first kappa shape index (κ1) is 21.3. The Hall–Kier alpha value is -2.93. The van der Waals surface area contributed by atoms with Crippen LogP contribution in [0.1, 0.15) is 48.5 Å². The van der Waals surface area contributed by atoms with Crippen LogP contribution in [0.5, 0.6) is 0 Å². The Bertz CT molecular complexity index is 1030. The van der Waals surface area contributed by atoms with Crippen LogP contribution in [0, 0.1) is 0 Å². The Morgan fingerprint density at radius 2 is 2.00 bits per heavy atom. The number of amides is 3. The second kappa shape index (κ2) is 8.30. The van der Waals surface area contributed by atoms with E-state index >= 15 is 0 Å². The van der Waals surface area contributed by atoms with E-state index in [0.717, 1.165) is 5.56 Å². The van der Waals surface area contributed by atoms with Crippen molar-refractivity contribution in [2.75, 3.05) is 18.5 Å². The fourth-order valence-electron chi connectivity index (χ4n) is 4.48. The van der Waals surface area contributed by atoms with Gasteiger partial charge < -0.3 is 9.80 Å². The summed E-state index contributed by atoms with van der Waals surface area (Å²) in [5.41, 5.74) is 1.43. The maximum absolute atomic E-state index is 13.2. The summed E-state index contributed by atoms with van der Waals surface area (Å²) in [5, 5.41) is 0.415. The molecule has 1 atom stereocenters. The number of hydrogen-bond donors (Lipinski definition) is 0. The van der Waals surface area contributed by atoms with Gasteiger partial charge in [0.2, 0.25) is 11.8 Å². The molecule has 1 aromatic heterocycles. The summed E-state index contributed by atoms with van der Waals surface area (Å²) in [7, 11) is 1.75. The third-order valence-electron chi connectivity index (χ3n) is 6.15. The normalized spacial score (nSPS) is 20.0. The van der Waals surface area contributed by atoms with Crippen molar-refractivity contribution in [1.29, 1.82) is 0 Å². The molecule has 162 valence electrons. The summed E-state index contributed by atoms with van der Waals surface area (Å²) in [5.74, 6) is -0.0683. The zero-order valence-electron chi connectivity index (χ0n) is 17.7. The van der Waals surface area contributed by atoms with Crippen LogP contribution < -0.4 is 4.90 Å². The van der Waals surface area contributed by atoms with Gasteiger partial charge in [0.1, 0.15) is 10.8 Å². The molecule has 0 spiro atoms. The Morgan fingerprint density at radius 3 is 2.74 bits per heavy atom. The van der Waals surface area contributed by atoms with E-state index in [4.69, 9.17) is 11.6 Å². The van der Waals surface area contributed by atoms with Crippen LogP contribution >= 0.6 is 11.6 Å². The molecule has 1 unspecified atom stereocenters. The SMILES string of the molecule is CN(Cc1ccc(Cl)nc1)C(=O)CCCN1C(=O)c2ccccc2N2C(=O)CCC12C. The van der Waals surface area contributed by atoms with E-state index in [1.54, 1.807) is 40.1 Å². The molecule has 2 aliphatic heterocycles. The molecule has 3 amide bonds. The van der Waals surface area contributed by atoms with Crippen molar-refractivity contribution in [3.8, 4) is 0 Å². The smallest absolute Gasteiger partial charge is 0.257 e. The van der Waals surface area contributed by atoms with Crippen LogP contribution in [-0.2, 0) is 16.1 Å². The van der Waals surface area contributed by atoms with Gasteiger partial charge >= 0.3 is 0 Å². The van der Waals surface area contributed by atoms with E-state index in [9.17, 15) is 14.4 Å². The third-order valence-corrected chi connectivity index (χ3v) is 6.38. The molecule has 31 heavy (non-hydrogen) atoms. The van der Waals surface area contributed by atoms with Gasteiger partial charge in [-0.05, 0) is 43.5 Å². The van der Waals surface area contributed by atoms with Crippen LogP contribution in [0.25, 0.3) is 0 Å². The minimum atomic E-state index is -0.688. The number of fused-ring (bicyclic) bond motifs is 3. The van der Waals surface area contributed by atoms with E-state index in [1.165, 1.54) is 0 Å². The van der Waals surface area contributed by atoms with Gasteiger partial charge in [0, 0.05) is 39.2 Å². The second-order valence-corrected chi connectivity index (χ2v) is 8.65. The average Bonchev–Trinajstić information content (AvgIpc) is 3.07. The van der Waals surface area contributed by atoms with Crippen molar-refractivity contribution in [2.24, 2.45) is 0 Å². The van der Waals surface area contributed by atoms with Gasteiger partial charge in [-0.2, -0.15) is 0 Å². The number of aromatic nitrogens is 1. The lowest BCUT2D eigenvalue weighted by molar-refractivity contribution is -0.130. The van der Waals surface area contributed by atoms with Crippen LogP contribution in [0.2, 0.25) is 5.15 Å². The summed E-state index contributed by atoms with van der Waals surface area (Å²) in [6.45, 7) is 2.79. The van der Waals surface area contributed by atoms with Gasteiger partial charge in [-0.3, -0.25) is 19.3 Å². The number of rotatable bonds is 6. The highest BCUT2D eigenvalue weighted by molar-refractivity contribution is 6.29. The first-order valence-corrected chi connectivity index (χ1v) is 10.8. The van der Waals surface area contributed by atoms with E-state index < -0.39 is 5.66 Å². The number of nitrogens with zero attached hydrogens (tertiary/aromatic N) is 4. The maximum Gasteiger partial charge on any atom is 0.257 e. The Morgan fingerprint density at radius 1 is 1.23 bits per heavy atom. The number of benzene rings is 1. The molecule has 1 fully saturated rings. The van der Waals surface area contributed by atoms with Crippen LogP contribution in [0.4, 0.5) is 5.69 Å². The lowest BCUT2D eigenvalue weighted by Crippen LogP contribution is -2.62. The molecular weight excluding hydrogens is 416 g/mol. The van der Waals surface area contributed by atoms with Gasteiger partial charge in [0.15, 0.2) is 0 Å². The van der Waals surface area contributed by atoms with E-state index in [0.29, 0.717) is 55.2 Å². The standard InChI is InChI=1S/C23H25ClN4O3/c1-23-12-11-21(30)28(23)18-7-4-3-6-17(18)22(31)27(23)13-5-8-20(29)26(2)15-16-9-10-19(24)25-14-16/h3-4,6-7,9-10,14H,5,8,11-13,15H2,1-2H3. The molecule has 2 aliphatic rings. The highest BCUT2D eigenvalue weighted by Crippen LogP contribution is 2.44. The van der Waals surface area contributed by atoms with E-state index in [1.807, 2.05) is 31.2 Å². The second-order valence-electron chi connectivity index (χ2n) is 8.26. The van der Waals surface area contributed by atoms with Gasteiger partial charge in [0.25, 0.3) is 5.91 Å². The molecule has 1 aromatic carbocycles. The number of carbonyl (C=O) groups excluding carboxylic acids is 3. The molecule has 1 saturated heterocycles. The molecule has 7 nitrogen and oxygen atoms in total. The van der Waals surface area contributed by atoms with E-state index in [-0.39, 0.29) is 17.7 Å². The number of para-hydroxylation sites is 1. The fraction of sp³-hybridized carbons (Fsp3) is 0.391. The largest absolute Gasteiger partial charge is 0.341 e. The zero-order chi connectivity index (χ0) is 22.2. The number of hydrogen-bond acceptors (Lipinski definition) is 4. The summed E-state index contributed by atoms with van der Waals surface area (Å²) < 4.78 is 0. The Labute approximate surface area is 186 Å². The monoisotopic (exact) mass is 440 g/mol. The van der Waals surface area contributed by atoms with E-state index in [2.05, 4.69) is 4.98 Å². The third kappa shape index (κ3) is 3.90. The fourth-order valence-corrected chi connectivity index (χ4v) is 4.59. The quantitative estimate of drug-likeness (QED) is 0.644. The summed E-state index contributed by atoms with van der Waals surface area (Å²) in [4.78, 5) is 47.6. The molecule has 0 bridgehead atoms. The van der Waals surface area contributed by atoms with Crippen molar-refractivity contribution >= 4 is 35.0 Å². The van der Waals surface area contributed by atoms with Crippen LogP contribution in [0.15, 0.2) is 42.6 Å². The lowest BCUT2D eigenvalue weighted by atomic mass is 9.98. The van der Waals surface area contributed by atoms with Crippen molar-refractivity contribution < 1.29 is 14.4 Å². The minimum absolute atomic E-state index is 0.00989. The number of carbonyl (C=O) groups is 3. The summed E-state index contributed by atoms with van der Waals surface area (Å²) >= 11 is 5.81. The number of halogens is 1. The van der Waals surface area contributed by atoms with Crippen molar-refractivity contribution in [2.45, 2.75) is 44.8 Å². The summed E-state index contributed by atoms with van der Waals surface area (Å²) in [6.07, 6.45) is 3.48. The van der Waals surface area contributed by atoms with Gasteiger partial charge in [-0.15, -0.1) is 0 Å². The minimum Gasteiger partial charge on any atom is -0.341 e. The highest BCUT2D eigenvalue weighted by atomic mass is 35.5. The van der Waals surface area contributed by atoms with Crippen molar-refractivity contribution in [3.63, 3.8) is 0 Å².